The lowest BCUT2D eigenvalue weighted by Crippen LogP contribution is -2.39. The van der Waals surface area contributed by atoms with Gasteiger partial charge in [0.25, 0.3) is 0 Å². The van der Waals surface area contributed by atoms with E-state index in [0.717, 1.165) is 22.4 Å². The molecule has 5 heteroatoms. The van der Waals surface area contributed by atoms with Gasteiger partial charge in [-0.15, -0.1) is 0 Å². The van der Waals surface area contributed by atoms with E-state index in [1.807, 2.05) is 37.3 Å². The van der Waals surface area contributed by atoms with Gasteiger partial charge in [0.1, 0.15) is 6.04 Å². The molecule has 110 valence electrons. The van der Waals surface area contributed by atoms with Crippen molar-refractivity contribution in [3.05, 3.63) is 48.3 Å². The van der Waals surface area contributed by atoms with Crippen LogP contribution < -0.4 is 11.1 Å². The molecule has 0 fully saturated rings. The van der Waals surface area contributed by atoms with E-state index in [1.165, 1.54) is 7.11 Å². The van der Waals surface area contributed by atoms with Crippen LogP contribution in [0.4, 0.5) is 5.69 Å². The molecule has 0 spiro atoms. The molecule has 1 atom stereocenters. The van der Waals surface area contributed by atoms with Crippen LogP contribution in [0.15, 0.2) is 42.7 Å². The maximum atomic E-state index is 12.0. The summed E-state index contributed by atoms with van der Waals surface area (Å²) >= 11 is 0. The molecule has 21 heavy (non-hydrogen) atoms. The molecule has 0 aliphatic rings. The summed E-state index contributed by atoms with van der Waals surface area (Å²) in [7, 11) is 1.52. The highest BCUT2D eigenvalue weighted by Gasteiger charge is 2.14. The molecule has 0 saturated carbocycles. The number of hydrogen-bond donors (Lipinski definition) is 2. The zero-order valence-corrected chi connectivity index (χ0v) is 12.2. The fourth-order valence-electron chi connectivity index (χ4n) is 1.96. The lowest BCUT2D eigenvalue weighted by atomic mass is 10.0. The summed E-state index contributed by atoms with van der Waals surface area (Å²) in [4.78, 5) is 16.0. The summed E-state index contributed by atoms with van der Waals surface area (Å²) in [5, 5.41) is 2.85. The topological polar surface area (TPSA) is 77.2 Å². The predicted octanol–water partition coefficient (Wildman–Crippen LogP) is 1.97. The summed E-state index contributed by atoms with van der Waals surface area (Å²) in [5.41, 5.74) is 9.51. The lowest BCUT2D eigenvalue weighted by Gasteiger charge is -2.14. The maximum absolute atomic E-state index is 12.0. The molecule has 1 heterocycles. The fourth-order valence-corrected chi connectivity index (χ4v) is 1.96. The minimum Gasteiger partial charge on any atom is -0.383 e. The van der Waals surface area contributed by atoms with E-state index in [1.54, 1.807) is 12.4 Å². The Morgan fingerprint density at radius 3 is 2.67 bits per heavy atom. The summed E-state index contributed by atoms with van der Waals surface area (Å²) in [5.74, 6) is -0.258. The average Bonchev–Trinajstić information content (AvgIpc) is 2.50. The number of carbonyl (C=O) groups excluding carboxylic acids is 1. The van der Waals surface area contributed by atoms with Gasteiger partial charge in [0, 0.05) is 25.2 Å². The first-order valence-corrected chi connectivity index (χ1v) is 6.68. The standard InChI is InChI=1S/C16H19N3O2/c1-11-3-4-13(12-5-7-18-8-6-12)9-15(11)19-16(20)14(17)10-21-2/h3-9,14H,10,17H2,1-2H3,(H,19,20). The molecular formula is C16H19N3O2. The van der Waals surface area contributed by atoms with E-state index in [9.17, 15) is 4.79 Å². The Hall–Kier alpha value is -2.24. The summed E-state index contributed by atoms with van der Waals surface area (Å²) in [6.07, 6.45) is 3.48. The van der Waals surface area contributed by atoms with Gasteiger partial charge in [-0.2, -0.15) is 0 Å². The maximum Gasteiger partial charge on any atom is 0.243 e. The van der Waals surface area contributed by atoms with Gasteiger partial charge in [-0.05, 0) is 41.8 Å². The monoisotopic (exact) mass is 285 g/mol. The first-order chi connectivity index (χ1) is 10.1. The Morgan fingerprint density at radius 1 is 1.29 bits per heavy atom. The Kier molecular flexibility index (Phi) is 5.03. The molecule has 2 aromatic rings. The predicted molar refractivity (Wildman–Crippen MR) is 82.9 cm³/mol. The molecule has 1 aromatic carbocycles. The van der Waals surface area contributed by atoms with E-state index < -0.39 is 6.04 Å². The molecule has 3 N–H and O–H groups in total. The minimum atomic E-state index is -0.681. The van der Waals surface area contributed by atoms with Crippen LogP contribution in [0.25, 0.3) is 11.1 Å². The Balaban J connectivity index is 2.22. The number of pyridine rings is 1. The van der Waals surface area contributed by atoms with Crippen molar-refractivity contribution in [1.29, 1.82) is 0 Å². The highest BCUT2D eigenvalue weighted by molar-refractivity contribution is 5.96. The first kappa shape index (κ1) is 15.2. The van der Waals surface area contributed by atoms with Gasteiger partial charge in [-0.3, -0.25) is 9.78 Å². The van der Waals surface area contributed by atoms with Crippen molar-refractivity contribution in [2.24, 2.45) is 5.73 Å². The van der Waals surface area contributed by atoms with Crippen molar-refractivity contribution in [1.82, 2.24) is 4.98 Å². The molecule has 0 bridgehead atoms. The van der Waals surface area contributed by atoms with Gasteiger partial charge >= 0.3 is 0 Å². The van der Waals surface area contributed by atoms with Crippen molar-refractivity contribution in [2.75, 3.05) is 19.0 Å². The number of aryl methyl sites for hydroxylation is 1. The first-order valence-electron chi connectivity index (χ1n) is 6.68. The molecule has 2 rings (SSSR count). The number of benzene rings is 1. The molecule has 1 amide bonds. The molecule has 1 unspecified atom stereocenters. The molecule has 0 saturated heterocycles. The van der Waals surface area contributed by atoms with Crippen LogP contribution in [-0.2, 0) is 9.53 Å². The quantitative estimate of drug-likeness (QED) is 0.880. The number of amides is 1. The van der Waals surface area contributed by atoms with Crippen LogP contribution in [0, 0.1) is 6.92 Å². The van der Waals surface area contributed by atoms with E-state index in [0.29, 0.717) is 0 Å². The Bertz CT molecular complexity index is 614. The van der Waals surface area contributed by atoms with Crippen molar-refractivity contribution in [3.8, 4) is 11.1 Å². The van der Waals surface area contributed by atoms with Crippen LogP contribution in [0.5, 0.6) is 0 Å². The third-order valence-corrected chi connectivity index (χ3v) is 3.19. The zero-order chi connectivity index (χ0) is 15.2. The van der Waals surface area contributed by atoms with Gasteiger partial charge in [0.2, 0.25) is 5.91 Å². The van der Waals surface area contributed by atoms with Gasteiger partial charge in [-0.1, -0.05) is 12.1 Å². The van der Waals surface area contributed by atoms with E-state index in [4.69, 9.17) is 10.5 Å². The lowest BCUT2D eigenvalue weighted by molar-refractivity contribution is -0.118. The fraction of sp³-hybridized carbons (Fsp3) is 0.250. The summed E-state index contributed by atoms with van der Waals surface area (Å²) in [6.45, 7) is 2.13. The number of nitrogens with two attached hydrogens (primary N) is 1. The number of rotatable bonds is 5. The second-order valence-electron chi connectivity index (χ2n) is 4.82. The third kappa shape index (κ3) is 3.87. The van der Waals surface area contributed by atoms with Crippen molar-refractivity contribution < 1.29 is 9.53 Å². The van der Waals surface area contributed by atoms with E-state index in [-0.39, 0.29) is 12.5 Å². The molecular weight excluding hydrogens is 266 g/mol. The van der Waals surface area contributed by atoms with E-state index in [2.05, 4.69) is 10.3 Å². The van der Waals surface area contributed by atoms with Crippen LogP contribution in [0.1, 0.15) is 5.56 Å². The molecule has 0 radical (unpaired) electrons. The van der Waals surface area contributed by atoms with Crippen molar-refractivity contribution in [2.45, 2.75) is 13.0 Å². The van der Waals surface area contributed by atoms with Crippen LogP contribution in [0.2, 0.25) is 0 Å². The van der Waals surface area contributed by atoms with Crippen LogP contribution >= 0.6 is 0 Å². The number of nitrogens with one attached hydrogen (secondary N) is 1. The number of methoxy groups -OCH3 is 1. The number of nitrogens with zero attached hydrogens (tertiary/aromatic N) is 1. The van der Waals surface area contributed by atoms with Crippen LogP contribution in [-0.4, -0.2) is 30.6 Å². The average molecular weight is 285 g/mol. The molecule has 1 aromatic heterocycles. The van der Waals surface area contributed by atoms with Crippen LogP contribution in [0.3, 0.4) is 0 Å². The normalized spacial score (nSPS) is 12.0. The molecule has 0 aliphatic carbocycles. The van der Waals surface area contributed by atoms with Gasteiger partial charge in [-0.25, -0.2) is 0 Å². The van der Waals surface area contributed by atoms with Crippen molar-refractivity contribution >= 4 is 11.6 Å². The van der Waals surface area contributed by atoms with E-state index >= 15 is 0 Å². The SMILES string of the molecule is COCC(N)C(=O)Nc1cc(-c2ccncc2)ccc1C. The minimum absolute atomic E-state index is 0.189. The summed E-state index contributed by atoms with van der Waals surface area (Å²) in [6, 6.07) is 9.07. The number of aromatic nitrogens is 1. The molecule has 0 aliphatic heterocycles. The smallest absolute Gasteiger partial charge is 0.243 e. The largest absolute Gasteiger partial charge is 0.383 e. The third-order valence-electron chi connectivity index (χ3n) is 3.19. The highest BCUT2D eigenvalue weighted by atomic mass is 16.5. The Morgan fingerprint density at radius 2 is 2.00 bits per heavy atom. The summed E-state index contributed by atoms with van der Waals surface area (Å²) < 4.78 is 4.89. The van der Waals surface area contributed by atoms with Gasteiger partial charge < -0.3 is 15.8 Å². The number of carbonyl (C=O) groups is 1. The number of ether oxygens (including phenoxy) is 1. The number of hydrogen-bond acceptors (Lipinski definition) is 4. The Labute approximate surface area is 124 Å². The number of anilines is 1. The van der Waals surface area contributed by atoms with Gasteiger partial charge in [0.15, 0.2) is 0 Å². The second-order valence-corrected chi connectivity index (χ2v) is 4.82. The second kappa shape index (κ2) is 6.97. The van der Waals surface area contributed by atoms with Gasteiger partial charge in [0.05, 0.1) is 6.61 Å². The highest BCUT2D eigenvalue weighted by Crippen LogP contribution is 2.25. The van der Waals surface area contributed by atoms with Crippen molar-refractivity contribution in [3.63, 3.8) is 0 Å². The zero-order valence-electron chi connectivity index (χ0n) is 12.2. The molecule has 5 nitrogen and oxygen atoms in total.